The molecule has 0 saturated carbocycles. The minimum absolute atomic E-state index is 0.0557. The van der Waals surface area contributed by atoms with Crippen LogP contribution in [0.2, 0.25) is 0 Å². The summed E-state index contributed by atoms with van der Waals surface area (Å²) in [4.78, 5) is 13.7. The molecule has 6 heteroatoms. The molecular formula is C16H15N3O2S. The second-order valence-corrected chi connectivity index (χ2v) is 5.78. The van der Waals surface area contributed by atoms with Crippen molar-refractivity contribution in [3.63, 3.8) is 0 Å². The molecular weight excluding hydrogens is 298 g/mol. The first kappa shape index (κ1) is 14.6. The summed E-state index contributed by atoms with van der Waals surface area (Å²) >= 11 is 1.40. The monoisotopic (exact) mass is 313 g/mol. The molecule has 0 atom stereocenters. The number of amides is 1. The third kappa shape index (κ3) is 3.28. The van der Waals surface area contributed by atoms with Crippen LogP contribution in [0.4, 0.5) is 0 Å². The number of amidine groups is 1. The van der Waals surface area contributed by atoms with Crippen molar-refractivity contribution in [2.24, 2.45) is 10.2 Å². The summed E-state index contributed by atoms with van der Waals surface area (Å²) in [5.41, 5.74) is 2.27. The van der Waals surface area contributed by atoms with Crippen molar-refractivity contribution >= 4 is 29.1 Å². The van der Waals surface area contributed by atoms with Crippen molar-refractivity contribution < 1.29 is 9.21 Å². The Balaban J connectivity index is 1.76. The zero-order chi connectivity index (χ0) is 15.4. The van der Waals surface area contributed by atoms with Gasteiger partial charge in [0.1, 0.15) is 5.76 Å². The lowest BCUT2D eigenvalue weighted by Gasteiger charge is -2.16. The first-order chi connectivity index (χ1) is 10.7. The van der Waals surface area contributed by atoms with Crippen LogP contribution in [-0.4, -0.2) is 27.9 Å². The van der Waals surface area contributed by atoms with Gasteiger partial charge in [-0.3, -0.25) is 9.69 Å². The molecule has 112 valence electrons. The van der Waals surface area contributed by atoms with E-state index in [4.69, 9.17) is 4.42 Å². The fourth-order valence-corrected chi connectivity index (χ4v) is 2.92. The van der Waals surface area contributed by atoms with Crippen LogP contribution in [0.5, 0.6) is 0 Å². The Kier molecular flexibility index (Phi) is 4.39. The van der Waals surface area contributed by atoms with Crippen LogP contribution in [0.1, 0.15) is 16.9 Å². The lowest BCUT2D eigenvalue weighted by Crippen LogP contribution is -2.29. The summed E-state index contributed by atoms with van der Waals surface area (Å²) < 4.78 is 5.15. The molecule has 0 spiro atoms. The third-order valence-electron chi connectivity index (χ3n) is 3.32. The van der Waals surface area contributed by atoms with Gasteiger partial charge in [0.25, 0.3) is 0 Å². The molecule has 0 bridgehead atoms. The van der Waals surface area contributed by atoms with E-state index in [0.717, 1.165) is 11.1 Å². The maximum Gasteiger partial charge on any atom is 0.239 e. The summed E-state index contributed by atoms with van der Waals surface area (Å²) in [6, 6.07) is 11.6. The van der Waals surface area contributed by atoms with Gasteiger partial charge in [0.15, 0.2) is 5.17 Å². The minimum atomic E-state index is 0.0557. The van der Waals surface area contributed by atoms with Crippen molar-refractivity contribution in [2.75, 3.05) is 5.75 Å². The van der Waals surface area contributed by atoms with E-state index in [0.29, 0.717) is 23.2 Å². The van der Waals surface area contributed by atoms with Crippen LogP contribution >= 0.6 is 11.8 Å². The summed E-state index contributed by atoms with van der Waals surface area (Å²) in [7, 11) is 0. The van der Waals surface area contributed by atoms with Crippen molar-refractivity contribution in [2.45, 2.75) is 13.5 Å². The van der Waals surface area contributed by atoms with E-state index in [1.54, 1.807) is 23.3 Å². The number of hydrogen-bond donors (Lipinski definition) is 0. The summed E-state index contributed by atoms with van der Waals surface area (Å²) in [6.07, 6.45) is 3.11. The van der Waals surface area contributed by atoms with Gasteiger partial charge in [0.05, 0.1) is 24.8 Å². The Morgan fingerprint density at radius 3 is 2.95 bits per heavy atom. The zero-order valence-electron chi connectivity index (χ0n) is 12.1. The number of thioether (sulfide) groups is 1. The van der Waals surface area contributed by atoms with E-state index < -0.39 is 0 Å². The Hall–Kier alpha value is -2.34. The number of furan rings is 1. The summed E-state index contributed by atoms with van der Waals surface area (Å²) in [5, 5.41) is 8.77. The van der Waals surface area contributed by atoms with Gasteiger partial charge in [0, 0.05) is 0 Å². The summed E-state index contributed by atoms with van der Waals surface area (Å²) in [6.45, 7) is 2.56. The first-order valence-electron chi connectivity index (χ1n) is 6.86. The van der Waals surface area contributed by atoms with Gasteiger partial charge in [-0.1, -0.05) is 36.0 Å². The quantitative estimate of drug-likeness (QED) is 0.644. The van der Waals surface area contributed by atoms with Crippen molar-refractivity contribution in [1.82, 2.24) is 4.90 Å². The van der Waals surface area contributed by atoms with E-state index in [-0.39, 0.29) is 5.91 Å². The second kappa shape index (κ2) is 6.62. The molecule has 22 heavy (non-hydrogen) atoms. The Labute approximate surface area is 132 Å². The second-order valence-electron chi connectivity index (χ2n) is 4.84. The predicted octanol–water partition coefficient (Wildman–Crippen LogP) is 3.05. The van der Waals surface area contributed by atoms with Crippen LogP contribution in [0.3, 0.4) is 0 Å². The van der Waals surface area contributed by atoms with Gasteiger partial charge in [-0.15, -0.1) is 5.10 Å². The van der Waals surface area contributed by atoms with Gasteiger partial charge >= 0.3 is 0 Å². The van der Waals surface area contributed by atoms with E-state index in [2.05, 4.69) is 10.2 Å². The van der Waals surface area contributed by atoms with Crippen LogP contribution in [0.15, 0.2) is 57.3 Å². The number of carbonyl (C=O) groups excluding carboxylic acids is 1. The molecule has 0 aliphatic carbocycles. The van der Waals surface area contributed by atoms with E-state index in [9.17, 15) is 4.79 Å². The highest BCUT2D eigenvalue weighted by Crippen LogP contribution is 2.23. The highest BCUT2D eigenvalue weighted by atomic mass is 32.2. The van der Waals surface area contributed by atoms with Gasteiger partial charge in [-0.25, -0.2) is 0 Å². The predicted molar refractivity (Wildman–Crippen MR) is 87.9 cm³/mol. The largest absolute Gasteiger partial charge is 0.463 e. The topological polar surface area (TPSA) is 58.2 Å². The number of nitrogens with zero attached hydrogens (tertiary/aromatic N) is 3. The van der Waals surface area contributed by atoms with Gasteiger partial charge in [0.2, 0.25) is 5.91 Å². The average Bonchev–Trinajstić information content (AvgIpc) is 3.14. The molecule has 0 unspecified atom stereocenters. The lowest BCUT2D eigenvalue weighted by atomic mass is 10.1. The number of aryl methyl sites for hydroxylation is 1. The van der Waals surface area contributed by atoms with Crippen LogP contribution in [-0.2, 0) is 11.3 Å². The van der Waals surface area contributed by atoms with Gasteiger partial charge in [-0.2, -0.15) is 5.10 Å². The fourth-order valence-electron chi connectivity index (χ4n) is 2.09. The highest BCUT2D eigenvalue weighted by molar-refractivity contribution is 8.15. The van der Waals surface area contributed by atoms with Crippen molar-refractivity contribution in [3.05, 3.63) is 59.5 Å². The molecule has 0 radical (unpaired) electrons. The summed E-state index contributed by atoms with van der Waals surface area (Å²) in [5.74, 6) is 1.09. The van der Waals surface area contributed by atoms with Gasteiger partial charge < -0.3 is 4.42 Å². The lowest BCUT2D eigenvalue weighted by molar-refractivity contribution is -0.124. The number of hydrogen-bond acceptors (Lipinski definition) is 5. The average molecular weight is 313 g/mol. The Morgan fingerprint density at radius 1 is 1.32 bits per heavy atom. The zero-order valence-corrected chi connectivity index (χ0v) is 12.9. The standard InChI is InChI=1S/C16H15N3O2S/c1-12-5-2-3-6-13(12)10-19-15(20)11-22-16(19)18-17-9-14-7-4-8-21-14/h2-9H,10-11H2,1H3/b17-9+,18-16?. The number of rotatable bonds is 4. The maximum absolute atomic E-state index is 12.0. The Morgan fingerprint density at radius 2 is 2.18 bits per heavy atom. The number of carbonyl (C=O) groups is 1. The van der Waals surface area contributed by atoms with Crippen LogP contribution in [0, 0.1) is 6.92 Å². The maximum atomic E-state index is 12.0. The normalized spacial score (nSPS) is 17.0. The smallest absolute Gasteiger partial charge is 0.239 e. The SMILES string of the molecule is Cc1ccccc1CN1C(=O)CSC1=N/N=C/c1ccco1. The molecule has 1 saturated heterocycles. The minimum Gasteiger partial charge on any atom is -0.463 e. The van der Waals surface area contributed by atoms with Crippen molar-refractivity contribution in [3.8, 4) is 0 Å². The molecule has 2 aromatic rings. The Bertz CT molecular complexity index is 723. The molecule has 1 amide bonds. The fraction of sp³-hybridized carbons (Fsp3) is 0.188. The van der Waals surface area contributed by atoms with Crippen LogP contribution in [0.25, 0.3) is 0 Å². The molecule has 0 N–H and O–H groups in total. The molecule has 1 aromatic heterocycles. The molecule has 1 aliphatic rings. The molecule has 5 nitrogen and oxygen atoms in total. The van der Waals surface area contributed by atoms with E-state index in [1.807, 2.05) is 31.2 Å². The molecule has 2 heterocycles. The first-order valence-corrected chi connectivity index (χ1v) is 7.85. The third-order valence-corrected chi connectivity index (χ3v) is 4.27. The van der Waals surface area contributed by atoms with Crippen molar-refractivity contribution in [1.29, 1.82) is 0 Å². The molecule has 1 fully saturated rings. The van der Waals surface area contributed by atoms with E-state index >= 15 is 0 Å². The highest BCUT2D eigenvalue weighted by Gasteiger charge is 2.28. The van der Waals surface area contributed by atoms with Crippen LogP contribution < -0.4 is 0 Å². The molecule has 1 aliphatic heterocycles. The molecule has 3 rings (SSSR count). The van der Waals surface area contributed by atoms with E-state index in [1.165, 1.54) is 18.0 Å². The number of benzene rings is 1. The van der Waals surface area contributed by atoms with Gasteiger partial charge in [-0.05, 0) is 30.2 Å². The molecule has 1 aromatic carbocycles.